The minimum atomic E-state index is -1.01. The topological polar surface area (TPSA) is 213 Å². The summed E-state index contributed by atoms with van der Waals surface area (Å²) in [4.78, 5) is 76.2. The second-order valence-corrected chi connectivity index (χ2v) is 18.4. The molecule has 2 heterocycles. The Morgan fingerprint density at radius 2 is 1.73 bits per heavy atom. The quantitative estimate of drug-likeness (QED) is 0.0243. The number of amides is 4. The number of hydrazine groups is 1. The van der Waals surface area contributed by atoms with E-state index in [4.69, 9.17) is 16.6 Å². The number of aliphatic carboxylic acids is 1. The van der Waals surface area contributed by atoms with Gasteiger partial charge in [-0.15, -0.1) is 11.3 Å². The zero-order chi connectivity index (χ0) is 43.9. The first kappa shape index (κ1) is 49.3. The number of aromatic nitrogens is 1. The molecular formula is C44H72N8O6S. The van der Waals surface area contributed by atoms with E-state index in [1.54, 1.807) is 31.4 Å². The smallest absolute Gasteiger partial charge is 0.304 e. The Morgan fingerprint density at radius 1 is 1.03 bits per heavy atom. The summed E-state index contributed by atoms with van der Waals surface area (Å²) in [5.41, 5.74) is 8.88. The van der Waals surface area contributed by atoms with Gasteiger partial charge in [-0.05, 0) is 81.6 Å². The number of nitrogens with one attached hydrogen (secondary N) is 3. The zero-order valence-corrected chi connectivity index (χ0v) is 37.5. The van der Waals surface area contributed by atoms with Crippen molar-refractivity contribution >= 4 is 46.6 Å². The van der Waals surface area contributed by atoms with Gasteiger partial charge in [-0.2, -0.15) is 0 Å². The third-order valence-corrected chi connectivity index (χ3v) is 12.9. The van der Waals surface area contributed by atoms with Gasteiger partial charge in [0, 0.05) is 41.0 Å². The first-order valence-electron chi connectivity index (χ1n) is 21.6. The van der Waals surface area contributed by atoms with E-state index in [9.17, 15) is 29.1 Å². The van der Waals surface area contributed by atoms with Gasteiger partial charge in [0.15, 0.2) is 0 Å². The molecule has 1 aromatic carbocycles. The van der Waals surface area contributed by atoms with E-state index < -0.39 is 35.3 Å². The number of carbonyl (C=O) groups is 5. The van der Waals surface area contributed by atoms with Crippen LogP contribution >= 0.6 is 11.3 Å². The number of rotatable bonds is 24. The number of carboxylic acid groups (broad SMARTS) is 1. The summed E-state index contributed by atoms with van der Waals surface area (Å²) >= 11 is 1.22. The predicted octanol–water partition coefficient (Wildman–Crippen LogP) is 5.87. The summed E-state index contributed by atoms with van der Waals surface area (Å²) in [5.74, 6) is 2.61. The molecule has 14 nitrogen and oxygen atoms in total. The second-order valence-electron chi connectivity index (χ2n) is 17.5. The Kier molecular flexibility index (Phi) is 19.7. The van der Waals surface area contributed by atoms with Crippen LogP contribution in [0, 0.1) is 17.3 Å². The lowest BCUT2D eigenvalue weighted by atomic mass is 9.83. The molecule has 0 spiro atoms. The Morgan fingerprint density at radius 3 is 2.32 bits per heavy atom. The van der Waals surface area contributed by atoms with Crippen LogP contribution in [0.1, 0.15) is 146 Å². The number of hydrogen-bond donors (Lipinski definition) is 6. The van der Waals surface area contributed by atoms with Crippen molar-refractivity contribution in [2.24, 2.45) is 23.1 Å². The van der Waals surface area contributed by atoms with Crippen LogP contribution in [0.4, 0.5) is 5.69 Å². The maximum absolute atomic E-state index is 14.9. The fraction of sp³-hybridized carbons (Fsp3) is 0.682. The summed E-state index contributed by atoms with van der Waals surface area (Å²) < 4.78 is 0. The molecule has 1 aliphatic heterocycles. The molecule has 4 amide bonds. The van der Waals surface area contributed by atoms with Crippen LogP contribution < -0.4 is 27.6 Å². The van der Waals surface area contributed by atoms with Crippen LogP contribution in [0.2, 0.25) is 0 Å². The molecule has 3 rings (SSSR count). The normalized spacial score (nSPS) is 17.4. The fourth-order valence-electron chi connectivity index (χ4n) is 8.05. The molecule has 1 saturated heterocycles. The molecule has 0 unspecified atom stereocenters. The highest BCUT2D eigenvalue weighted by atomic mass is 32.1. The van der Waals surface area contributed by atoms with Crippen molar-refractivity contribution in [3.05, 3.63) is 45.9 Å². The molecule has 330 valence electrons. The van der Waals surface area contributed by atoms with Crippen molar-refractivity contribution in [1.29, 1.82) is 0 Å². The molecule has 0 saturated carbocycles. The van der Waals surface area contributed by atoms with Gasteiger partial charge in [0.25, 0.3) is 5.91 Å². The number of unbranched alkanes of at least 4 members (excludes halogenated alkanes) is 3. The standard InChI is InChI=1S/C44H72N8O6S/c1-9-11-12-14-22-52(42(57)38(29(5)10-2)49-40(56)35-16-13-15-21-51(35)8)36(28(3)4)24-31(25-37(53)54)41-48-34(27-59-41)39(55)47-33(26-44(6,7)43(58)50-46)23-30-17-19-32(45)20-18-30/h17-20,27-29,31,33,35-36,38H,9-16,21-26,45-46H2,1-8H3,(H,47,55)(H,49,56)(H,50,58)(H,53,54)/t29-,31+,33-,35+,36+,38-/m0/s1. The maximum atomic E-state index is 14.9. The van der Waals surface area contributed by atoms with Gasteiger partial charge < -0.3 is 26.4 Å². The van der Waals surface area contributed by atoms with Gasteiger partial charge in [0.1, 0.15) is 11.7 Å². The largest absolute Gasteiger partial charge is 0.481 e. The fourth-order valence-corrected chi connectivity index (χ4v) is 8.97. The van der Waals surface area contributed by atoms with Gasteiger partial charge in [0.2, 0.25) is 17.7 Å². The van der Waals surface area contributed by atoms with Crippen molar-refractivity contribution < 1.29 is 29.1 Å². The van der Waals surface area contributed by atoms with E-state index in [-0.39, 0.29) is 60.2 Å². The highest BCUT2D eigenvalue weighted by molar-refractivity contribution is 7.10. The van der Waals surface area contributed by atoms with Crippen LogP contribution in [0.5, 0.6) is 0 Å². The van der Waals surface area contributed by atoms with Crippen LogP contribution in [0.15, 0.2) is 29.6 Å². The first-order chi connectivity index (χ1) is 27.9. The number of nitrogens with zero attached hydrogens (tertiary/aromatic N) is 3. The molecule has 0 bridgehead atoms. The number of carboxylic acids is 1. The van der Waals surface area contributed by atoms with Crippen LogP contribution in [-0.2, 0) is 25.6 Å². The first-order valence-corrected chi connectivity index (χ1v) is 22.4. The third-order valence-electron chi connectivity index (χ3n) is 11.9. The summed E-state index contributed by atoms with van der Waals surface area (Å²) in [5, 5.41) is 18.5. The SMILES string of the molecule is CCCCCCN(C(=O)[C@@H](NC(=O)[C@H]1CCCCN1C)[C@@H](C)CC)[C@H](C[C@H](CC(=O)O)c1nc(C(=O)N[C@@H](Cc2ccc(N)cc2)CC(C)(C)C(=O)NN)cs1)C(C)C. The number of benzene rings is 1. The van der Waals surface area contributed by atoms with Gasteiger partial charge in [-0.1, -0.05) is 92.7 Å². The average Bonchev–Trinajstić information content (AvgIpc) is 3.69. The Labute approximate surface area is 356 Å². The Balaban J connectivity index is 1.94. The van der Waals surface area contributed by atoms with E-state index >= 15 is 0 Å². The molecule has 8 N–H and O–H groups in total. The highest BCUT2D eigenvalue weighted by Crippen LogP contribution is 2.33. The van der Waals surface area contributed by atoms with Crippen molar-refractivity contribution in [2.75, 3.05) is 25.9 Å². The number of nitrogen functional groups attached to an aromatic ring is 1. The lowest BCUT2D eigenvalue weighted by Gasteiger charge is -2.40. The third kappa shape index (κ3) is 14.9. The van der Waals surface area contributed by atoms with Crippen molar-refractivity contribution in [2.45, 2.75) is 156 Å². The molecule has 1 fully saturated rings. The molecule has 0 aliphatic carbocycles. The van der Waals surface area contributed by atoms with Crippen LogP contribution in [0.25, 0.3) is 0 Å². The summed E-state index contributed by atoms with van der Waals surface area (Å²) in [6, 6.07) is 5.45. The van der Waals surface area contributed by atoms with E-state index in [1.807, 2.05) is 51.8 Å². The van der Waals surface area contributed by atoms with Crippen LogP contribution in [0.3, 0.4) is 0 Å². The van der Waals surface area contributed by atoms with Crippen molar-refractivity contribution in [3.63, 3.8) is 0 Å². The monoisotopic (exact) mass is 841 g/mol. The van der Waals surface area contributed by atoms with E-state index in [1.165, 1.54) is 11.3 Å². The van der Waals surface area contributed by atoms with E-state index in [0.29, 0.717) is 36.5 Å². The number of anilines is 1. The van der Waals surface area contributed by atoms with Gasteiger partial charge in [-0.3, -0.25) is 34.3 Å². The van der Waals surface area contributed by atoms with E-state index in [2.05, 4.69) is 27.9 Å². The molecule has 6 atom stereocenters. The highest BCUT2D eigenvalue weighted by Gasteiger charge is 2.39. The molecule has 1 aliphatic rings. The minimum Gasteiger partial charge on any atom is -0.481 e. The number of likely N-dealkylation sites (N-methyl/N-ethyl adjacent to an activating group) is 1. The Bertz CT molecular complexity index is 1670. The van der Waals surface area contributed by atoms with Gasteiger partial charge in [0.05, 0.1) is 17.5 Å². The lowest BCUT2D eigenvalue weighted by molar-refractivity contribution is -0.142. The number of hydrogen-bond acceptors (Lipinski definition) is 10. The lowest BCUT2D eigenvalue weighted by Crippen LogP contribution is -2.58. The minimum absolute atomic E-state index is 0.0508. The summed E-state index contributed by atoms with van der Waals surface area (Å²) in [7, 11) is 1.96. The van der Waals surface area contributed by atoms with Crippen molar-refractivity contribution in [3.8, 4) is 0 Å². The molecule has 59 heavy (non-hydrogen) atoms. The predicted molar refractivity (Wildman–Crippen MR) is 234 cm³/mol. The van der Waals surface area contributed by atoms with Crippen LogP contribution in [-0.4, -0.2) is 93.8 Å². The van der Waals surface area contributed by atoms with Crippen molar-refractivity contribution in [1.82, 2.24) is 30.8 Å². The molecule has 2 aromatic rings. The van der Waals surface area contributed by atoms with Gasteiger partial charge >= 0.3 is 5.97 Å². The molecule has 0 radical (unpaired) electrons. The summed E-state index contributed by atoms with van der Waals surface area (Å²) in [6.45, 7) is 15.1. The molecule has 15 heteroatoms. The van der Waals surface area contributed by atoms with Gasteiger partial charge in [-0.25, -0.2) is 10.8 Å². The molecule has 1 aromatic heterocycles. The zero-order valence-electron chi connectivity index (χ0n) is 36.7. The second kappa shape index (κ2) is 23.6. The maximum Gasteiger partial charge on any atom is 0.304 e. The number of likely N-dealkylation sites (tertiary alicyclic amines) is 1. The Hall–Kier alpha value is -4.08. The number of carbonyl (C=O) groups excluding carboxylic acids is 4. The number of nitrogens with two attached hydrogens (primary N) is 2. The van der Waals surface area contributed by atoms with E-state index in [0.717, 1.165) is 57.1 Å². The molecular weight excluding hydrogens is 769 g/mol. The summed E-state index contributed by atoms with van der Waals surface area (Å²) in [6.07, 6.45) is 7.98. The number of piperidine rings is 1. The average molecular weight is 841 g/mol. The number of thiazole rings is 1.